The average Bonchev–Trinajstić information content (AvgIpc) is 2.35. The van der Waals surface area contributed by atoms with Crippen LogP contribution in [0.3, 0.4) is 0 Å². The number of hydrogen-bond acceptors (Lipinski definition) is 3. The van der Waals surface area contributed by atoms with Gasteiger partial charge in [0, 0.05) is 19.8 Å². The molecule has 0 bridgehead atoms. The van der Waals surface area contributed by atoms with E-state index in [-0.39, 0.29) is 11.9 Å². The summed E-state index contributed by atoms with van der Waals surface area (Å²) < 4.78 is 23.4. The fourth-order valence-corrected chi connectivity index (χ4v) is 1.93. The predicted molar refractivity (Wildman–Crippen MR) is 70.2 cm³/mol. The first-order valence-electron chi connectivity index (χ1n) is 6.19. The lowest BCUT2D eigenvalue weighted by Crippen LogP contribution is -2.20. The first kappa shape index (κ1) is 15.1. The lowest BCUT2D eigenvalue weighted by Gasteiger charge is -2.19. The van der Waals surface area contributed by atoms with Crippen LogP contribution in [0.15, 0.2) is 18.2 Å². The Morgan fingerprint density at radius 2 is 2.06 bits per heavy atom. The molecule has 0 aliphatic carbocycles. The lowest BCUT2D eigenvalue weighted by atomic mass is 9.99. The summed E-state index contributed by atoms with van der Waals surface area (Å²) in [5.41, 5.74) is 2.08. The van der Waals surface area contributed by atoms with Crippen molar-refractivity contribution in [1.29, 1.82) is 0 Å². The molecule has 0 aliphatic rings. The highest BCUT2D eigenvalue weighted by Crippen LogP contribution is 2.21. The number of halogens is 1. The number of nitrogens with one attached hydrogen (secondary N) is 1. The molecule has 4 heteroatoms. The molecule has 102 valence electrons. The van der Waals surface area contributed by atoms with Crippen LogP contribution in [-0.4, -0.2) is 34.0 Å². The summed E-state index contributed by atoms with van der Waals surface area (Å²) in [4.78, 5) is 0. The lowest BCUT2D eigenvalue weighted by molar-refractivity contribution is 0.0660. The number of hydrogen-bond donors (Lipinski definition) is 1. The maximum absolute atomic E-state index is 13.0. The molecule has 1 aromatic carbocycles. The van der Waals surface area contributed by atoms with E-state index in [1.807, 2.05) is 20.0 Å². The van der Waals surface area contributed by atoms with E-state index in [0.29, 0.717) is 19.8 Å². The van der Waals surface area contributed by atoms with Gasteiger partial charge in [0.2, 0.25) is 0 Å². The van der Waals surface area contributed by atoms with E-state index in [0.717, 1.165) is 17.5 Å². The van der Waals surface area contributed by atoms with Crippen molar-refractivity contribution in [2.75, 3.05) is 34.0 Å². The summed E-state index contributed by atoms with van der Waals surface area (Å²) in [5.74, 6) is -0.192. The Hall–Kier alpha value is -0.970. The fourth-order valence-electron chi connectivity index (χ4n) is 1.93. The molecule has 0 saturated heterocycles. The van der Waals surface area contributed by atoms with E-state index in [9.17, 15) is 4.39 Å². The van der Waals surface area contributed by atoms with E-state index < -0.39 is 0 Å². The summed E-state index contributed by atoms with van der Waals surface area (Å²) >= 11 is 0. The van der Waals surface area contributed by atoms with E-state index in [4.69, 9.17) is 9.47 Å². The third-order valence-electron chi connectivity index (χ3n) is 2.94. The number of aryl methyl sites for hydroxylation is 1. The van der Waals surface area contributed by atoms with Gasteiger partial charge in [-0.25, -0.2) is 4.39 Å². The van der Waals surface area contributed by atoms with Crippen molar-refractivity contribution in [1.82, 2.24) is 5.32 Å². The van der Waals surface area contributed by atoms with Crippen LogP contribution in [0.4, 0.5) is 4.39 Å². The summed E-state index contributed by atoms with van der Waals surface area (Å²) in [6.07, 6.45) is 0.854. The Morgan fingerprint density at radius 1 is 1.28 bits per heavy atom. The Balaban J connectivity index is 2.49. The molecule has 0 fully saturated rings. The van der Waals surface area contributed by atoms with Crippen LogP contribution in [-0.2, 0) is 9.47 Å². The maximum atomic E-state index is 13.0. The molecule has 1 atom stereocenters. The van der Waals surface area contributed by atoms with Crippen LogP contribution in [0, 0.1) is 12.7 Å². The van der Waals surface area contributed by atoms with Crippen molar-refractivity contribution in [2.45, 2.75) is 19.4 Å². The van der Waals surface area contributed by atoms with Crippen molar-refractivity contribution in [2.24, 2.45) is 0 Å². The highest BCUT2D eigenvalue weighted by molar-refractivity contribution is 5.29. The minimum atomic E-state index is -0.192. The standard InChI is InChI=1S/C14H22FNO2/c1-11-10-12(15)4-5-13(11)14(16-2)6-7-18-9-8-17-3/h4-5,10,14,16H,6-9H2,1-3H3. The molecular weight excluding hydrogens is 233 g/mol. The minimum absolute atomic E-state index is 0.188. The van der Waals surface area contributed by atoms with Gasteiger partial charge in [-0.05, 0) is 43.7 Å². The van der Waals surface area contributed by atoms with Crippen molar-refractivity contribution >= 4 is 0 Å². The molecule has 0 amide bonds. The Kier molecular flexibility index (Phi) is 6.86. The van der Waals surface area contributed by atoms with E-state index >= 15 is 0 Å². The summed E-state index contributed by atoms with van der Waals surface area (Å²) in [6.45, 7) is 3.80. The second-order valence-electron chi connectivity index (χ2n) is 4.24. The molecule has 1 N–H and O–H groups in total. The number of benzene rings is 1. The maximum Gasteiger partial charge on any atom is 0.123 e. The Labute approximate surface area is 108 Å². The van der Waals surface area contributed by atoms with Gasteiger partial charge >= 0.3 is 0 Å². The van der Waals surface area contributed by atoms with Gasteiger partial charge in [-0.3, -0.25) is 0 Å². The van der Waals surface area contributed by atoms with E-state index in [2.05, 4.69) is 5.32 Å². The zero-order valence-corrected chi connectivity index (χ0v) is 11.3. The van der Waals surface area contributed by atoms with E-state index in [1.54, 1.807) is 13.2 Å². The molecule has 0 spiro atoms. The van der Waals surface area contributed by atoms with Crippen LogP contribution in [0.5, 0.6) is 0 Å². The molecule has 1 aromatic rings. The SMILES string of the molecule is CNC(CCOCCOC)c1ccc(F)cc1C. The van der Waals surface area contributed by atoms with Gasteiger partial charge in [0.05, 0.1) is 13.2 Å². The van der Waals surface area contributed by atoms with Crippen LogP contribution in [0.2, 0.25) is 0 Å². The van der Waals surface area contributed by atoms with E-state index in [1.165, 1.54) is 6.07 Å². The normalized spacial score (nSPS) is 12.7. The zero-order valence-electron chi connectivity index (χ0n) is 11.3. The molecule has 0 heterocycles. The van der Waals surface area contributed by atoms with Crippen molar-refractivity contribution in [3.63, 3.8) is 0 Å². The van der Waals surface area contributed by atoms with Crippen molar-refractivity contribution in [3.8, 4) is 0 Å². The highest BCUT2D eigenvalue weighted by atomic mass is 19.1. The minimum Gasteiger partial charge on any atom is -0.382 e. The second-order valence-corrected chi connectivity index (χ2v) is 4.24. The van der Waals surface area contributed by atoms with Gasteiger partial charge in [-0.1, -0.05) is 6.07 Å². The van der Waals surface area contributed by atoms with Crippen LogP contribution in [0.1, 0.15) is 23.6 Å². The summed E-state index contributed by atoms with van der Waals surface area (Å²) in [6, 6.07) is 5.08. The molecule has 3 nitrogen and oxygen atoms in total. The smallest absolute Gasteiger partial charge is 0.123 e. The first-order valence-corrected chi connectivity index (χ1v) is 6.19. The fraction of sp³-hybridized carbons (Fsp3) is 0.571. The molecule has 0 aliphatic heterocycles. The van der Waals surface area contributed by atoms with Gasteiger partial charge in [0.15, 0.2) is 0 Å². The molecule has 0 aromatic heterocycles. The van der Waals surface area contributed by atoms with Crippen LogP contribution >= 0.6 is 0 Å². The molecular formula is C14H22FNO2. The van der Waals surface area contributed by atoms with Crippen molar-refractivity contribution < 1.29 is 13.9 Å². The zero-order chi connectivity index (χ0) is 13.4. The largest absolute Gasteiger partial charge is 0.382 e. The Morgan fingerprint density at radius 3 is 2.67 bits per heavy atom. The molecule has 1 rings (SSSR count). The Bertz CT molecular complexity index is 358. The van der Waals surface area contributed by atoms with Crippen molar-refractivity contribution in [3.05, 3.63) is 35.1 Å². The third-order valence-corrected chi connectivity index (χ3v) is 2.94. The third kappa shape index (κ3) is 4.72. The van der Waals surface area contributed by atoms with Gasteiger partial charge in [0.25, 0.3) is 0 Å². The number of ether oxygens (including phenoxy) is 2. The number of rotatable bonds is 8. The summed E-state index contributed by atoms with van der Waals surface area (Å²) in [5, 5.41) is 3.24. The van der Waals surface area contributed by atoms with Gasteiger partial charge < -0.3 is 14.8 Å². The van der Waals surface area contributed by atoms with Gasteiger partial charge in [-0.15, -0.1) is 0 Å². The molecule has 0 radical (unpaired) electrons. The molecule has 0 saturated carbocycles. The quantitative estimate of drug-likeness (QED) is 0.724. The molecule has 18 heavy (non-hydrogen) atoms. The predicted octanol–water partition coefficient (Wildman–Crippen LogP) is 2.45. The first-order chi connectivity index (χ1) is 8.69. The molecule has 1 unspecified atom stereocenters. The summed E-state index contributed by atoms with van der Waals surface area (Å²) in [7, 11) is 3.56. The number of methoxy groups -OCH3 is 1. The van der Waals surface area contributed by atoms with Gasteiger partial charge in [-0.2, -0.15) is 0 Å². The monoisotopic (exact) mass is 255 g/mol. The average molecular weight is 255 g/mol. The highest BCUT2D eigenvalue weighted by Gasteiger charge is 2.12. The topological polar surface area (TPSA) is 30.5 Å². The van der Waals surface area contributed by atoms with Crippen LogP contribution in [0.25, 0.3) is 0 Å². The second kappa shape index (κ2) is 8.19. The van der Waals surface area contributed by atoms with Gasteiger partial charge in [0.1, 0.15) is 5.82 Å². The van der Waals surface area contributed by atoms with Crippen LogP contribution < -0.4 is 5.32 Å².